The van der Waals surface area contributed by atoms with Crippen LogP contribution in [0.5, 0.6) is 0 Å². The van der Waals surface area contributed by atoms with E-state index in [0.29, 0.717) is 6.04 Å². The highest BCUT2D eigenvalue weighted by Gasteiger charge is 2.28. The van der Waals surface area contributed by atoms with Crippen LogP contribution in [-0.2, 0) is 9.53 Å². The summed E-state index contributed by atoms with van der Waals surface area (Å²) in [5.74, 6) is 1.01. The van der Waals surface area contributed by atoms with Gasteiger partial charge in [-0.05, 0) is 31.9 Å². The standard InChI is InChI=1S/C13H25NO2S/c1-5-17-12-7-6-11(8-12)14-10(3)9(2)13(15)16-4/h9-12,14H,5-8H2,1-4H3. The quantitative estimate of drug-likeness (QED) is 0.744. The molecule has 0 spiro atoms. The molecule has 1 N–H and O–H groups in total. The van der Waals surface area contributed by atoms with Crippen LogP contribution in [0.2, 0.25) is 0 Å². The maximum atomic E-state index is 11.4. The van der Waals surface area contributed by atoms with E-state index in [9.17, 15) is 4.79 Å². The van der Waals surface area contributed by atoms with Gasteiger partial charge < -0.3 is 10.1 Å². The molecule has 0 aromatic carbocycles. The molecule has 1 aliphatic carbocycles. The summed E-state index contributed by atoms with van der Waals surface area (Å²) in [5.41, 5.74) is 0. The first-order valence-corrected chi connectivity index (χ1v) is 7.58. The van der Waals surface area contributed by atoms with Gasteiger partial charge in [0, 0.05) is 17.3 Å². The molecule has 4 unspecified atom stereocenters. The number of ether oxygens (including phenoxy) is 1. The van der Waals surface area contributed by atoms with Crippen LogP contribution in [0.3, 0.4) is 0 Å². The number of nitrogens with one attached hydrogen (secondary N) is 1. The minimum atomic E-state index is -0.123. The Hall–Kier alpha value is -0.220. The minimum Gasteiger partial charge on any atom is -0.469 e. The van der Waals surface area contributed by atoms with E-state index < -0.39 is 0 Å². The lowest BCUT2D eigenvalue weighted by Crippen LogP contribution is -2.42. The van der Waals surface area contributed by atoms with Crippen LogP contribution in [0.25, 0.3) is 0 Å². The van der Waals surface area contributed by atoms with Gasteiger partial charge in [-0.15, -0.1) is 0 Å². The third-order valence-corrected chi connectivity index (χ3v) is 4.84. The molecule has 0 saturated heterocycles. The lowest BCUT2D eigenvalue weighted by molar-refractivity contribution is -0.145. The molecule has 0 aliphatic heterocycles. The van der Waals surface area contributed by atoms with Crippen LogP contribution in [0.1, 0.15) is 40.0 Å². The minimum absolute atomic E-state index is 0.0714. The third-order valence-electron chi connectivity index (χ3n) is 3.61. The number of carbonyl (C=O) groups is 1. The molecule has 17 heavy (non-hydrogen) atoms. The molecule has 0 radical (unpaired) electrons. The van der Waals surface area contributed by atoms with Crippen molar-refractivity contribution in [1.29, 1.82) is 0 Å². The fraction of sp³-hybridized carbons (Fsp3) is 0.923. The monoisotopic (exact) mass is 259 g/mol. The Morgan fingerprint density at radius 1 is 1.47 bits per heavy atom. The van der Waals surface area contributed by atoms with Gasteiger partial charge in [0.15, 0.2) is 0 Å². The summed E-state index contributed by atoms with van der Waals surface area (Å²) in [6.07, 6.45) is 3.77. The van der Waals surface area contributed by atoms with E-state index in [1.807, 2.05) is 6.92 Å². The van der Waals surface area contributed by atoms with E-state index in [1.165, 1.54) is 32.1 Å². The molecule has 0 bridgehead atoms. The highest BCUT2D eigenvalue weighted by atomic mass is 32.2. The van der Waals surface area contributed by atoms with E-state index in [4.69, 9.17) is 4.74 Å². The topological polar surface area (TPSA) is 38.3 Å². The predicted octanol–water partition coefficient (Wildman–Crippen LogP) is 2.45. The highest BCUT2D eigenvalue weighted by molar-refractivity contribution is 7.99. The molecule has 100 valence electrons. The molecular weight excluding hydrogens is 234 g/mol. The first kappa shape index (κ1) is 14.8. The Kier molecular flexibility index (Phi) is 6.34. The van der Waals surface area contributed by atoms with Crippen molar-refractivity contribution in [1.82, 2.24) is 5.32 Å². The summed E-state index contributed by atoms with van der Waals surface area (Å²) in [7, 11) is 1.45. The lowest BCUT2D eigenvalue weighted by Gasteiger charge is -2.23. The summed E-state index contributed by atoms with van der Waals surface area (Å²) in [6.45, 7) is 6.21. The Morgan fingerprint density at radius 2 is 2.18 bits per heavy atom. The summed E-state index contributed by atoms with van der Waals surface area (Å²) < 4.78 is 4.77. The first-order chi connectivity index (χ1) is 8.08. The smallest absolute Gasteiger partial charge is 0.309 e. The lowest BCUT2D eigenvalue weighted by atomic mass is 10.0. The second kappa shape index (κ2) is 7.27. The van der Waals surface area contributed by atoms with Crippen LogP contribution < -0.4 is 5.32 Å². The zero-order valence-electron chi connectivity index (χ0n) is 11.4. The molecule has 3 nitrogen and oxygen atoms in total. The average Bonchev–Trinajstić information content (AvgIpc) is 2.75. The van der Waals surface area contributed by atoms with E-state index in [0.717, 1.165) is 5.25 Å². The molecule has 0 amide bonds. The van der Waals surface area contributed by atoms with Crippen LogP contribution >= 0.6 is 11.8 Å². The molecule has 0 aromatic heterocycles. The number of hydrogen-bond acceptors (Lipinski definition) is 4. The molecular formula is C13H25NO2S. The van der Waals surface area contributed by atoms with Crippen molar-refractivity contribution in [2.24, 2.45) is 5.92 Å². The first-order valence-electron chi connectivity index (χ1n) is 6.54. The fourth-order valence-corrected chi connectivity index (χ4v) is 3.53. The largest absolute Gasteiger partial charge is 0.469 e. The Bertz CT molecular complexity index is 248. The van der Waals surface area contributed by atoms with E-state index >= 15 is 0 Å². The number of hydrogen-bond donors (Lipinski definition) is 1. The number of methoxy groups -OCH3 is 1. The fourth-order valence-electron chi connectivity index (χ4n) is 2.38. The van der Waals surface area contributed by atoms with Crippen molar-refractivity contribution in [3.63, 3.8) is 0 Å². The molecule has 1 saturated carbocycles. The Morgan fingerprint density at radius 3 is 2.76 bits per heavy atom. The van der Waals surface area contributed by atoms with Gasteiger partial charge in [0.05, 0.1) is 13.0 Å². The molecule has 1 aliphatic rings. The van der Waals surface area contributed by atoms with Crippen molar-refractivity contribution >= 4 is 17.7 Å². The van der Waals surface area contributed by atoms with Crippen molar-refractivity contribution < 1.29 is 9.53 Å². The van der Waals surface area contributed by atoms with Crippen LogP contribution in [0.4, 0.5) is 0 Å². The van der Waals surface area contributed by atoms with Gasteiger partial charge in [-0.1, -0.05) is 13.8 Å². The van der Waals surface area contributed by atoms with Crippen LogP contribution in [0, 0.1) is 5.92 Å². The second-order valence-corrected chi connectivity index (χ2v) is 6.43. The SMILES string of the molecule is CCSC1CCC(NC(C)C(C)C(=O)OC)C1. The van der Waals surface area contributed by atoms with Crippen LogP contribution in [-0.4, -0.2) is 36.2 Å². The van der Waals surface area contributed by atoms with E-state index in [1.54, 1.807) is 0 Å². The van der Waals surface area contributed by atoms with Crippen molar-refractivity contribution in [2.75, 3.05) is 12.9 Å². The average molecular weight is 259 g/mol. The second-order valence-electron chi connectivity index (χ2n) is 4.85. The van der Waals surface area contributed by atoms with Crippen molar-refractivity contribution in [2.45, 2.75) is 57.4 Å². The molecule has 1 fully saturated rings. The summed E-state index contributed by atoms with van der Waals surface area (Å²) in [6, 6.07) is 0.763. The molecule has 4 atom stereocenters. The van der Waals surface area contributed by atoms with Gasteiger partial charge in [-0.2, -0.15) is 11.8 Å². The Labute approximate surface area is 109 Å². The summed E-state index contributed by atoms with van der Waals surface area (Å²) in [4.78, 5) is 11.4. The summed E-state index contributed by atoms with van der Waals surface area (Å²) >= 11 is 2.06. The van der Waals surface area contributed by atoms with Gasteiger partial charge >= 0.3 is 5.97 Å². The van der Waals surface area contributed by atoms with Gasteiger partial charge in [0.1, 0.15) is 0 Å². The molecule has 0 heterocycles. The van der Waals surface area contributed by atoms with Crippen molar-refractivity contribution in [3.8, 4) is 0 Å². The predicted molar refractivity (Wildman–Crippen MR) is 73.3 cm³/mol. The number of carbonyl (C=O) groups excluding carboxylic acids is 1. The zero-order valence-corrected chi connectivity index (χ0v) is 12.2. The molecule has 4 heteroatoms. The van der Waals surface area contributed by atoms with Gasteiger partial charge in [0.2, 0.25) is 0 Å². The maximum absolute atomic E-state index is 11.4. The van der Waals surface area contributed by atoms with Gasteiger partial charge in [-0.25, -0.2) is 0 Å². The molecule has 0 aromatic rings. The van der Waals surface area contributed by atoms with Crippen molar-refractivity contribution in [3.05, 3.63) is 0 Å². The number of rotatable bonds is 6. The van der Waals surface area contributed by atoms with Gasteiger partial charge in [-0.3, -0.25) is 4.79 Å². The maximum Gasteiger partial charge on any atom is 0.309 e. The van der Waals surface area contributed by atoms with Crippen LogP contribution in [0.15, 0.2) is 0 Å². The summed E-state index contributed by atoms with van der Waals surface area (Å²) in [5, 5.41) is 4.37. The Balaban J connectivity index is 2.32. The van der Waals surface area contributed by atoms with E-state index in [-0.39, 0.29) is 17.9 Å². The third kappa shape index (κ3) is 4.51. The zero-order chi connectivity index (χ0) is 12.8. The molecule has 1 rings (SSSR count). The number of thioether (sulfide) groups is 1. The van der Waals surface area contributed by atoms with E-state index in [2.05, 4.69) is 30.9 Å². The number of esters is 1. The van der Waals surface area contributed by atoms with Gasteiger partial charge in [0.25, 0.3) is 0 Å². The normalized spacial score (nSPS) is 27.8. The highest BCUT2D eigenvalue weighted by Crippen LogP contribution is 2.30.